The molecule has 88 valence electrons. The number of hydrogen-bond acceptors (Lipinski definition) is 3. The molecule has 0 fully saturated rings. The summed E-state index contributed by atoms with van der Waals surface area (Å²) in [6, 6.07) is 3.47. The maximum atomic E-state index is 11.9. The van der Waals surface area contributed by atoms with Gasteiger partial charge in [0.2, 0.25) is 0 Å². The van der Waals surface area contributed by atoms with E-state index in [2.05, 4.69) is 26.2 Å². The lowest BCUT2D eigenvalue weighted by Gasteiger charge is -2.23. The molecule has 0 bridgehead atoms. The lowest BCUT2D eigenvalue weighted by Crippen LogP contribution is -2.46. The molecule has 0 aliphatic rings. The Hall–Kier alpha value is -0.940. The van der Waals surface area contributed by atoms with Gasteiger partial charge < -0.3 is 10.4 Å². The fourth-order valence-electron chi connectivity index (χ4n) is 1.11. The summed E-state index contributed by atoms with van der Waals surface area (Å²) in [5.74, 6) is -0.251. The van der Waals surface area contributed by atoms with E-state index in [1.54, 1.807) is 26.0 Å². The van der Waals surface area contributed by atoms with Crippen LogP contribution in [0.25, 0.3) is 0 Å². The van der Waals surface area contributed by atoms with Crippen LogP contribution in [0.1, 0.15) is 29.9 Å². The van der Waals surface area contributed by atoms with Gasteiger partial charge in [0.15, 0.2) is 0 Å². The first-order valence-electron chi connectivity index (χ1n) is 4.92. The Balaban J connectivity index is 2.89. The summed E-state index contributed by atoms with van der Waals surface area (Å²) in [5.41, 5.74) is 0.665. The third-order valence-electron chi connectivity index (χ3n) is 2.08. The summed E-state index contributed by atoms with van der Waals surface area (Å²) in [4.78, 5) is 16.0. The predicted molar refractivity (Wildman–Crippen MR) is 65.3 cm³/mol. The van der Waals surface area contributed by atoms with Crippen LogP contribution in [0.15, 0.2) is 16.7 Å². The van der Waals surface area contributed by atoms with Crippen molar-refractivity contribution in [2.75, 3.05) is 6.61 Å². The van der Waals surface area contributed by atoms with E-state index in [4.69, 9.17) is 5.11 Å². The topological polar surface area (TPSA) is 62.2 Å². The number of amides is 1. The van der Waals surface area contributed by atoms with Crippen molar-refractivity contribution in [2.24, 2.45) is 0 Å². The van der Waals surface area contributed by atoms with Gasteiger partial charge in [-0.3, -0.25) is 4.79 Å². The molecule has 0 radical (unpaired) electrons. The second kappa shape index (κ2) is 4.93. The molecule has 1 rings (SSSR count). The van der Waals surface area contributed by atoms with Gasteiger partial charge in [-0.05, 0) is 48.8 Å². The molecule has 2 N–H and O–H groups in total. The standard InChI is InChI=1S/C11H15BrN2O2/c1-7-4-5-8(9(12)13-7)10(16)14-11(2,3)6-15/h4-5,15H,6H2,1-3H3,(H,14,16). The lowest BCUT2D eigenvalue weighted by molar-refractivity contribution is 0.0868. The van der Waals surface area contributed by atoms with Crippen LogP contribution in [-0.2, 0) is 0 Å². The number of carbonyl (C=O) groups is 1. The number of pyridine rings is 1. The maximum absolute atomic E-state index is 11.9. The molecule has 0 atom stereocenters. The van der Waals surface area contributed by atoms with Gasteiger partial charge in [-0.2, -0.15) is 0 Å². The van der Waals surface area contributed by atoms with Gasteiger partial charge >= 0.3 is 0 Å². The van der Waals surface area contributed by atoms with Crippen LogP contribution in [0.2, 0.25) is 0 Å². The molecule has 0 aliphatic heterocycles. The molecule has 0 aromatic carbocycles. The highest BCUT2D eigenvalue weighted by molar-refractivity contribution is 9.10. The molecule has 1 aromatic heterocycles. The molecule has 0 saturated heterocycles. The second-order valence-corrected chi connectivity index (χ2v) is 5.04. The lowest BCUT2D eigenvalue weighted by atomic mass is 10.1. The van der Waals surface area contributed by atoms with Crippen LogP contribution >= 0.6 is 15.9 Å². The number of nitrogens with one attached hydrogen (secondary N) is 1. The van der Waals surface area contributed by atoms with E-state index < -0.39 is 5.54 Å². The van der Waals surface area contributed by atoms with Gasteiger partial charge in [0.25, 0.3) is 5.91 Å². The summed E-state index contributed by atoms with van der Waals surface area (Å²) >= 11 is 3.24. The first-order chi connectivity index (χ1) is 7.35. The zero-order valence-corrected chi connectivity index (χ0v) is 11.1. The third-order valence-corrected chi connectivity index (χ3v) is 2.68. The first-order valence-corrected chi connectivity index (χ1v) is 5.71. The van der Waals surface area contributed by atoms with Crippen molar-refractivity contribution in [1.82, 2.24) is 10.3 Å². The number of aliphatic hydroxyl groups excluding tert-OH is 1. The number of carbonyl (C=O) groups excluding carboxylic acids is 1. The predicted octanol–water partition coefficient (Wildman–Crippen LogP) is 1.65. The monoisotopic (exact) mass is 286 g/mol. The molecule has 1 heterocycles. The molecule has 0 aliphatic carbocycles. The van der Waals surface area contributed by atoms with Crippen LogP contribution in [0, 0.1) is 6.92 Å². The van der Waals surface area contributed by atoms with Crippen LogP contribution in [0.3, 0.4) is 0 Å². The normalized spacial score (nSPS) is 11.3. The number of nitrogens with zero attached hydrogens (tertiary/aromatic N) is 1. The van der Waals surface area contributed by atoms with E-state index in [1.807, 2.05) is 6.92 Å². The second-order valence-electron chi connectivity index (χ2n) is 4.29. The van der Waals surface area contributed by atoms with Crippen molar-refractivity contribution in [1.29, 1.82) is 0 Å². The highest BCUT2D eigenvalue weighted by Gasteiger charge is 2.21. The Morgan fingerprint density at radius 1 is 1.56 bits per heavy atom. The van der Waals surface area contributed by atoms with Crippen molar-refractivity contribution in [3.8, 4) is 0 Å². The van der Waals surface area contributed by atoms with Gasteiger partial charge in [-0.15, -0.1) is 0 Å². The molecule has 1 aromatic rings. The van der Waals surface area contributed by atoms with Gasteiger partial charge in [0.05, 0.1) is 17.7 Å². The number of rotatable bonds is 3. The average molecular weight is 287 g/mol. The minimum Gasteiger partial charge on any atom is -0.394 e. The van der Waals surface area contributed by atoms with Gasteiger partial charge in [0.1, 0.15) is 4.60 Å². The van der Waals surface area contributed by atoms with E-state index in [1.165, 1.54) is 0 Å². The average Bonchev–Trinajstić information content (AvgIpc) is 2.16. The number of halogens is 1. The molecule has 0 spiro atoms. The molecule has 0 saturated carbocycles. The van der Waals surface area contributed by atoms with Gasteiger partial charge in [-0.1, -0.05) is 0 Å². The summed E-state index contributed by atoms with van der Waals surface area (Å²) in [6.07, 6.45) is 0. The highest BCUT2D eigenvalue weighted by Crippen LogP contribution is 2.15. The highest BCUT2D eigenvalue weighted by atomic mass is 79.9. The number of aliphatic hydroxyl groups is 1. The minimum absolute atomic E-state index is 0.115. The summed E-state index contributed by atoms with van der Waals surface area (Å²) in [6.45, 7) is 5.24. The summed E-state index contributed by atoms with van der Waals surface area (Å²) in [5, 5.41) is 11.8. The Kier molecular flexibility index (Phi) is 4.04. The van der Waals surface area contributed by atoms with Crippen LogP contribution < -0.4 is 5.32 Å². The zero-order valence-electron chi connectivity index (χ0n) is 9.54. The van der Waals surface area contributed by atoms with Crippen molar-refractivity contribution >= 4 is 21.8 Å². The molecule has 4 nitrogen and oxygen atoms in total. The Morgan fingerprint density at radius 3 is 2.69 bits per heavy atom. The Morgan fingerprint density at radius 2 is 2.19 bits per heavy atom. The quantitative estimate of drug-likeness (QED) is 0.831. The fourth-order valence-corrected chi connectivity index (χ4v) is 1.70. The van der Waals surface area contributed by atoms with E-state index in [9.17, 15) is 4.79 Å². The van der Waals surface area contributed by atoms with Crippen molar-refractivity contribution in [2.45, 2.75) is 26.3 Å². The fraction of sp³-hybridized carbons (Fsp3) is 0.455. The molecule has 16 heavy (non-hydrogen) atoms. The van der Waals surface area contributed by atoms with Crippen LogP contribution in [-0.4, -0.2) is 28.1 Å². The van der Waals surface area contributed by atoms with Gasteiger partial charge in [0, 0.05) is 5.69 Å². The third kappa shape index (κ3) is 3.28. The Labute approximate surface area is 103 Å². The van der Waals surface area contributed by atoms with E-state index >= 15 is 0 Å². The maximum Gasteiger partial charge on any atom is 0.254 e. The smallest absolute Gasteiger partial charge is 0.254 e. The van der Waals surface area contributed by atoms with Gasteiger partial charge in [-0.25, -0.2) is 4.98 Å². The summed E-state index contributed by atoms with van der Waals surface area (Å²) < 4.78 is 0.513. The molecule has 5 heteroatoms. The SMILES string of the molecule is Cc1ccc(C(=O)NC(C)(C)CO)c(Br)n1. The first kappa shape index (κ1) is 13.1. The molecule has 1 amide bonds. The number of aromatic nitrogens is 1. The summed E-state index contributed by atoms with van der Waals surface area (Å²) in [7, 11) is 0. The van der Waals surface area contributed by atoms with Crippen LogP contribution in [0.4, 0.5) is 0 Å². The number of aryl methyl sites for hydroxylation is 1. The van der Waals surface area contributed by atoms with Crippen molar-refractivity contribution in [3.05, 3.63) is 28.0 Å². The van der Waals surface area contributed by atoms with E-state index in [0.717, 1.165) is 5.69 Å². The van der Waals surface area contributed by atoms with E-state index in [-0.39, 0.29) is 12.5 Å². The molecular formula is C11H15BrN2O2. The zero-order chi connectivity index (χ0) is 12.3. The molecular weight excluding hydrogens is 272 g/mol. The van der Waals surface area contributed by atoms with E-state index in [0.29, 0.717) is 10.2 Å². The number of hydrogen-bond donors (Lipinski definition) is 2. The molecule has 0 unspecified atom stereocenters. The van der Waals surface area contributed by atoms with Crippen molar-refractivity contribution < 1.29 is 9.90 Å². The minimum atomic E-state index is -0.637. The Bertz CT molecular complexity index is 405. The largest absolute Gasteiger partial charge is 0.394 e. The van der Waals surface area contributed by atoms with Crippen molar-refractivity contribution in [3.63, 3.8) is 0 Å². The van der Waals surface area contributed by atoms with Crippen LogP contribution in [0.5, 0.6) is 0 Å².